The van der Waals surface area contributed by atoms with E-state index in [0.29, 0.717) is 16.8 Å². The van der Waals surface area contributed by atoms with Crippen molar-refractivity contribution >= 4 is 62.7 Å². The lowest BCUT2D eigenvalue weighted by Crippen LogP contribution is -2.30. The quantitative estimate of drug-likeness (QED) is 0.185. The number of hydrogen-bond acceptors (Lipinski definition) is 4. The maximum absolute atomic E-state index is 13.0. The number of anilines is 1. The molecule has 0 saturated carbocycles. The second-order valence-electron chi connectivity index (χ2n) is 7.67. The van der Waals surface area contributed by atoms with Gasteiger partial charge in [-0.2, -0.15) is 0 Å². The number of carbonyl (C=O) groups excluding carboxylic acids is 3. The summed E-state index contributed by atoms with van der Waals surface area (Å²) in [4.78, 5) is 39.1. The summed E-state index contributed by atoms with van der Waals surface area (Å²) in [5.41, 5.74) is 2.47. The highest BCUT2D eigenvalue weighted by molar-refractivity contribution is 9.10. The molecule has 178 valence electrons. The van der Waals surface area contributed by atoms with Gasteiger partial charge in [0.1, 0.15) is 5.70 Å². The maximum atomic E-state index is 13.0. The van der Waals surface area contributed by atoms with Crippen LogP contribution in [0.15, 0.2) is 113 Å². The summed E-state index contributed by atoms with van der Waals surface area (Å²) in [6.07, 6.45) is 4.89. The van der Waals surface area contributed by atoms with Gasteiger partial charge in [-0.3, -0.25) is 14.4 Å². The zero-order valence-electron chi connectivity index (χ0n) is 19.0. The van der Waals surface area contributed by atoms with E-state index in [1.807, 2.05) is 47.8 Å². The van der Waals surface area contributed by atoms with Crippen molar-refractivity contribution in [1.29, 1.82) is 0 Å². The number of benzene rings is 3. The first-order valence-electron chi connectivity index (χ1n) is 11.0. The van der Waals surface area contributed by atoms with E-state index in [0.717, 1.165) is 14.9 Å². The smallest absolute Gasteiger partial charge is 0.272 e. The van der Waals surface area contributed by atoms with E-state index < -0.39 is 5.91 Å². The molecule has 7 heteroatoms. The Morgan fingerprint density at radius 3 is 2.17 bits per heavy atom. The van der Waals surface area contributed by atoms with Crippen molar-refractivity contribution in [3.8, 4) is 0 Å². The number of allylic oxidation sites excluding steroid dienone is 1. The molecule has 4 aromatic rings. The molecule has 3 aromatic carbocycles. The van der Waals surface area contributed by atoms with Crippen LogP contribution in [-0.2, 0) is 4.79 Å². The van der Waals surface area contributed by atoms with Crippen molar-refractivity contribution in [1.82, 2.24) is 5.32 Å². The summed E-state index contributed by atoms with van der Waals surface area (Å²) >= 11 is 4.84. The fraction of sp³-hybridized carbons (Fsp3) is 0. The minimum absolute atomic E-state index is 0.115. The summed E-state index contributed by atoms with van der Waals surface area (Å²) in [5, 5.41) is 7.39. The number of rotatable bonds is 8. The van der Waals surface area contributed by atoms with Gasteiger partial charge in [0.2, 0.25) is 0 Å². The van der Waals surface area contributed by atoms with Crippen LogP contribution in [0.3, 0.4) is 0 Å². The van der Waals surface area contributed by atoms with Crippen molar-refractivity contribution in [2.75, 3.05) is 5.32 Å². The second-order valence-corrected chi connectivity index (χ2v) is 9.57. The van der Waals surface area contributed by atoms with E-state index in [-0.39, 0.29) is 17.4 Å². The number of nitrogens with one attached hydrogen (secondary N) is 2. The molecular weight excluding hydrogens is 536 g/mol. The van der Waals surface area contributed by atoms with Crippen LogP contribution in [0.2, 0.25) is 0 Å². The molecule has 5 nitrogen and oxygen atoms in total. The number of hydrogen-bond donors (Lipinski definition) is 2. The van der Waals surface area contributed by atoms with Crippen molar-refractivity contribution in [2.45, 2.75) is 0 Å². The predicted octanol–water partition coefficient (Wildman–Crippen LogP) is 6.82. The summed E-state index contributed by atoms with van der Waals surface area (Å²) in [5.74, 6) is -1.00. The second kappa shape index (κ2) is 12.1. The third-order valence-electron chi connectivity index (χ3n) is 5.08. The van der Waals surface area contributed by atoms with Gasteiger partial charge < -0.3 is 10.6 Å². The normalized spacial score (nSPS) is 11.3. The Morgan fingerprint density at radius 1 is 0.778 bits per heavy atom. The fourth-order valence-electron chi connectivity index (χ4n) is 3.22. The van der Waals surface area contributed by atoms with E-state index in [1.54, 1.807) is 60.7 Å². The topological polar surface area (TPSA) is 75.3 Å². The molecule has 2 amide bonds. The van der Waals surface area contributed by atoms with Gasteiger partial charge in [0.15, 0.2) is 5.78 Å². The number of carbonyl (C=O) groups is 3. The minimum Gasteiger partial charge on any atom is -0.321 e. The third-order valence-corrected chi connectivity index (χ3v) is 6.43. The van der Waals surface area contributed by atoms with Crippen molar-refractivity contribution in [3.05, 3.63) is 134 Å². The molecule has 0 fully saturated rings. The lowest BCUT2D eigenvalue weighted by Gasteiger charge is -2.11. The lowest BCUT2D eigenvalue weighted by atomic mass is 10.1. The Kier molecular flexibility index (Phi) is 8.39. The van der Waals surface area contributed by atoms with Crippen LogP contribution in [0.25, 0.3) is 12.2 Å². The molecule has 0 aliphatic heterocycles. The van der Waals surface area contributed by atoms with Gasteiger partial charge in [-0.25, -0.2) is 0 Å². The SMILES string of the molecule is O=C(Nc1ccc(C(=O)/C=C/c2ccc(Br)cc2)cc1)/C(=C/c1cccs1)NC(=O)c1ccccc1. The monoisotopic (exact) mass is 556 g/mol. The largest absolute Gasteiger partial charge is 0.321 e. The van der Waals surface area contributed by atoms with Crippen LogP contribution >= 0.6 is 27.3 Å². The molecule has 36 heavy (non-hydrogen) atoms. The molecule has 0 aliphatic carbocycles. The van der Waals surface area contributed by atoms with Crippen LogP contribution in [0.1, 0.15) is 31.2 Å². The minimum atomic E-state index is -0.470. The van der Waals surface area contributed by atoms with E-state index in [4.69, 9.17) is 0 Å². The standard InChI is InChI=1S/C29H21BrN2O3S/c30-23-13-8-20(9-14-23)10-17-27(33)21-11-15-24(16-12-21)31-29(35)26(19-25-7-4-18-36-25)32-28(34)22-5-2-1-3-6-22/h1-19H,(H,31,35)(H,32,34)/b17-10+,26-19-. The summed E-state index contributed by atoms with van der Waals surface area (Å²) in [7, 11) is 0. The number of amides is 2. The average molecular weight is 557 g/mol. The molecule has 0 saturated heterocycles. The number of halogens is 1. The molecule has 2 N–H and O–H groups in total. The maximum Gasteiger partial charge on any atom is 0.272 e. The van der Waals surface area contributed by atoms with Gasteiger partial charge in [0.05, 0.1) is 0 Å². The van der Waals surface area contributed by atoms with E-state index in [1.165, 1.54) is 17.4 Å². The Bertz CT molecular complexity index is 1410. The lowest BCUT2D eigenvalue weighted by molar-refractivity contribution is -0.113. The van der Waals surface area contributed by atoms with Gasteiger partial charge in [0, 0.05) is 26.2 Å². The first-order chi connectivity index (χ1) is 17.5. The Balaban J connectivity index is 1.45. The Morgan fingerprint density at radius 2 is 1.50 bits per heavy atom. The highest BCUT2D eigenvalue weighted by atomic mass is 79.9. The van der Waals surface area contributed by atoms with E-state index in [9.17, 15) is 14.4 Å². The third kappa shape index (κ3) is 6.97. The first-order valence-corrected chi connectivity index (χ1v) is 12.7. The molecule has 0 bridgehead atoms. The molecular formula is C29H21BrN2O3S. The van der Waals surface area contributed by atoms with Crippen LogP contribution < -0.4 is 10.6 Å². The summed E-state index contributed by atoms with van der Waals surface area (Å²) in [6.45, 7) is 0. The Hall–Kier alpha value is -4.07. The van der Waals surface area contributed by atoms with Crippen molar-refractivity contribution in [3.63, 3.8) is 0 Å². The molecule has 4 rings (SSSR count). The van der Waals surface area contributed by atoms with Crippen LogP contribution in [-0.4, -0.2) is 17.6 Å². The predicted molar refractivity (Wildman–Crippen MR) is 149 cm³/mol. The number of ketones is 1. The van der Waals surface area contributed by atoms with Crippen LogP contribution in [0.5, 0.6) is 0 Å². The zero-order chi connectivity index (χ0) is 25.3. The van der Waals surface area contributed by atoms with Gasteiger partial charge >= 0.3 is 0 Å². The highest BCUT2D eigenvalue weighted by Crippen LogP contribution is 2.17. The Labute approximate surface area is 221 Å². The molecule has 0 radical (unpaired) electrons. The molecule has 1 aromatic heterocycles. The fourth-order valence-corrected chi connectivity index (χ4v) is 4.14. The first kappa shape index (κ1) is 25.0. The van der Waals surface area contributed by atoms with E-state index in [2.05, 4.69) is 26.6 Å². The van der Waals surface area contributed by atoms with Crippen LogP contribution in [0.4, 0.5) is 5.69 Å². The van der Waals surface area contributed by atoms with Gasteiger partial charge in [0.25, 0.3) is 11.8 Å². The molecule has 0 atom stereocenters. The van der Waals surface area contributed by atoms with Crippen molar-refractivity contribution < 1.29 is 14.4 Å². The highest BCUT2D eigenvalue weighted by Gasteiger charge is 2.15. The van der Waals surface area contributed by atoms with Gasteiger partial charge in [-0.1, -0.05) is 58.4 Å². The van der Waals surface area contributed by atoms with Crippen LogP contribution in [0, 0.1) is 0 Å². The van der Waals surface area contributed by atoms with Gasteiger partial charge in [-0.15, -0.1) is 11.3 Å². The number of thiophene rings is 1. The summed E-state index contributed by atoms with van der Waals surface area (Å²) in [6, 6.07) is 26.6. The molecule has 0 aliphatic rings. The average Bonchev–Trinajstić information content (AvgIpc) is 3.42. The van der Waals surface area contributed by atoms with Crippen molar-refractivity contribution in [2.24, 2.45) is 0 Å². The van der Waals surface area contributed by atoms with Gasteiger partial charge in [-0.05, 0) is 77.7 Å². The molecule has 0 unspecified atom stereocenters. The molecule has 1 heterocycles. The molecule has 0 spiro atoms. The summed E-state index contributed by atoms with van der Waals surface area (Å²) < 4.78 is 0.969. The zero-order valence-corrected chi connectivity index (χ0v) is 21.4. The van der Waals surface area contributed by atoms with E-state index >= 15 is 0 Å².